The molecule has 0 spiro atoms. The number of rotatable bonds is 7. The van der Waals surface area contributed by atoms with E-state index in [9.17, 15) is 4.79 Å². The van der Waals surface area contributed by atoms with E-state index < -0.39 is 0 Å². The van der Waals surface area contributed by atoms with E-state index in [2.05, 4.69) is 4.98 Å². The molecule has 0 aliphatic heterocycles. The molecule has 1 amide bonds. The number of amides is 1. The lowest BCUT2D eigenvalue weighted by atomic mass is 10.2. The van der Waals surface area contributed by atoms with Crippen molar-refractivity contribution in [3.05, 3.63) is 95.7 Å². The van der Waals surface area contributed by atoms with Gasteiger partial charge >= 0.3 is 0 Å². The molecule has 0 aliphatic rings. The maximum absolute atomic E-state index is 12.8. The van der Waals surface area contributed by atoms with E-state index in [1.807, 2.05) is 78.9 Å². The molecule has 5 nitrogen and oxygen atoms in total. The molecule has 152 valence electrons. The van der Waals surface area contributed by atoms with Crippen molar-refractivity contribution in [3.63, 3.8) is 0 Å². The lowest BCUT2D eigenvalue weighted by molar-refractivity contribution is 0.0780. The third kappa shape index (κ3) is 4.30. The van der Waals surface area contributed by atoms with Gasteiger partial charge in [-0.3, -0.25) is 4.79 Å². The smallest absolute Gasteiger partial charge is 0.270 e. The van der Waals surface area contributed by atoms with Gasteiger partial charge in [-0.2, -0.15) is 0 Å². The summed E-state index contributed by atoms with van der Waals surface area (Å²) in [6.45, 7) is 0.929. The SMILES string of the molecule is COc1cc(CN(C)C(=O)c2cc3ccccc3[nH]2)ccc1OCc1ccccc1. The number of benzene rings is 3. The summed E-state index contributed by atoms with van der Waals surface area (Å²) in [5.74, 6) is 1.26. The fourth-order valence-electron chi connectivity index (χ4n) is 3.40. The number of nitrogens with one attached hydrogen (secondary N) is 1. The van der Waals surface area contributed by atoms with Crippen molar-refractivity contribution in [2.75, 3.05) is 14.2 Å². The number of para-hydroxylation sites is 1. The number of ether oxygens (including phenoxy) is 2. The highest BCUT2D eigenvalue weighted by Crippen LogP contribution is 2.29. The summed E-state index contributed by atoms with van der Waals surface area (Å²) in [6, 6.07) is 25.5. The molecule has 4 rings (SSSR count). The lowest BCUT2D eigenvalue weighted by Crippen LogP contribution is -2.26. The highest BCUT2D eigenvalue weighted by molar-refractivity contribution is 5.97. The van der Waals surface area contributed by atoms with E-state index in [1.54, 1.807) is 19.1 Å². The molecule has 5 heteroatoms. The Labute approximate surface area is 175 Å². The summed E-state index contributed by atoms with van der Waals surface area (Å²) in [6.07, 6.45) is 0. The number of carbonyl (C=O) groups excluding carboxylic acids is 1. The normalized spacial score (nSPS) is 10.7. The van der Waals surface area contributed by atoms with Gasteiger partial charge in [0.15, 0.2) is 11.5 Å². The number of aromatic nitrogens is 1. The van der Waals surface area contributed by atoms with E-state index >= 15 is 0 Å². The van der Waals surface area contributed by atoms with Gasteiger partial charge in [-0.15, -0.1) is 0 Å². The van der Waals surface area contributed by atoms with Crippen molar-refractivity contribution < 1.29 is 14.3 Å². The zero-order valence-electron chi connectivity index (χ0n) is 17.1. The molecule has 0 fully saturated rings. The standard InChI is InChI=1S/C25H24N2O3/c1-27(25(28)22-15-20-10-6-7-11-21(20)26-22)16-19-12-13-23(24(14-19)29-2)30-17-18-8-4-3-5-9-18/h3-15,26H,16-17H2,1-2H3. The largest absolute Gasteiger partial charge is 0.493 e. The zero-order valence-corrected chi connectivity index (χ0v) is 17.1. The fraction of sp³-hybridized carbons (Fsp3) is 0.160. The minimum Gasteiger partial charge on any atom is -0.493 e. The van der Waals surface area contributed by atoms with Crippen molar-refractivity contribution in [1.29, 1.82) is 0 Å². The van der Waals surface area contributed by atoms with Crippen LogP contribution in [0.1, 0.15) is 21.6 Å². The Hall–Kier alpha value is -3.73. The molecule has 30 heavy (non-hydrogen) atoms. The maximum Gasteiger partial charge on any atom is 0.270 e. The van der Waals surface area contributed by atoms with Crippen LogP contribution in [0.15, 0.2) is 78.9 Å². The quantitative estimate of drug-likeness (QED) is 0.473. The van der Waals surface area contributed by atoms with Crippen molar-refractivity contribution in [2.45, 2.75) is 13.2 Å². The second-order valence-corrected chi connectivity index (χ2v) is 7.19. The molecule has 0 aliphatic carbocycles. The van der Waals surface area contributed by atoms with E-state index in [4.69, 9.17) is 9.47 Å². The van der Waals surface area contributed by atoms with Crippen molar-refractivity contribution in [2.24, 2.45) is 0 Å². The predicted molar refractivity (Wildman–Crippen MR) is 118 cm³/mol. The lowest BCUT2D eigenvalue weighted by Gasteiger charge is -2.18. The molecule has 0 saturated carbocycles. The Kier molecular flexibility index (Phi) is 5.70. The van der Waals surface area contributed by atoms with E-state index in [0.717, 1.165) is 22.0 Å². The number of hydrogen-bond acceptors (Lipinski definition) is 3. The van der Waals surface area contributed by atoms with Crippen LogP contribution in [0.25, 0.3) is 10.9 Å². The van der Waals surface area contributed by atoms with Crippen LogP contribution in [0.3, 0.4) is 0 Å². The molecule has 3 aromatic carbocycles. The van der Waals surface area contributed by atoms with Crippen LogP contribution in [0, 0.1) is 0 Å². The molecule has 1 N–H and O–H groups in total. The number of H-pyrrole nitrogens is 1. The van der Waals surface area contributed by atoms with Crippen molar-refractivity contribution >= 4 is 16.8 Å². The highest BCUT2D eigenvalue weighted by Gasteiger charge is 2.16. The molecule has 1 aromatic heterocycles. The third-order valence-electron chi connectivity index (χ3n) is 4.99. The van der Waals surface area contributed by atoms with Crippen LogP contribution in [-0.2, 0) is 13.2 Å². The van der Waals surface area contributed by atoms with Gasteiger partial charge < -0.3 is 19.4 Å². The molecule has 0 saturated heterocycles. The number of hydrogen-bond donors (Lipinski definition) is 1. The topological polar surface area (TPSA) is 54.6 Å². The first kappa shape index (κ1) is 19.6. The van der Waals surface area contributed by atoms with Crippen molar-refractivity contribution in [3.8, 4) is 11.5 Å². The first-order chi connectivity index (χ1) is 14.6. The van der Waals surface area contributed by atoms with Gasteiger partial charge in [0.05, 0.1) is 7.11 Å². The van der Waals surface area contributed by atoms with Gasteiger partial charge in [0, 0.05) is 24.5 Å². The first-order valence-corrected chi connectivity index (χ1v) is 9.81. The average Bonchev–Trinajstić information content (AvgIpc) is 3.22. The van der Waals surface area contributed by atoms with Gasteiger partial charge in [-0.1, -0.05) is 54.6 Å². The fourth-order valence-corrected chi connectivity index (χ4v) is 3.40. The van der Waals surface area contributed by atoms with Crippen molar-refractivity contribution in [1.82, 2.24) is 9.88 Å². The van der Waals surface area contributed by atoms with Crippen LogP contribution in [0.5, 0.6) is 11.5 Å². The van der Waals surface area contributed by atoms with Crippen LogP contribution in [-0.4, -0.2) is 29.9 Å². The summed E-state index contributed by atoms with van der Waals surface area (Å²) in [7, 11) is 3.41. The second-order valence-electron chi connectivity index (χ2n) is 7.19. The maximum atomic E-state index is 12.8. The highest BCUT2D eigenvalue weighted by atomic mass is 16.5. The van der Waals surface area contributed by atoms with Crippen LogP contribution in [0.2, 0.25) is 0 Å². The van der Waals surface area contributed by atoms with E-state index in [0.29, 0.717) is 30.3 Å². The summed E-state index contributed by atoms with van der Waals surface area (Å²) in [5, 5.41) is 1.02. The van der Waals surface area contributed by atoms with Gasteiger partial charge in [-0.25, -0.2) is 0 Å². The van der Waals surface area contributed by atoms with Gasteiger partial charge in [0.1, 0.15) is 12.3 Å². The zero-order chi connectivity index (χ0) is 20.9. The van der Waals surface area contributed by atoms with Crippen LogP contribution >= 0.6 is 0 Å². The average molecular weight is 400 g/mol. The van der Waals surface area contributed by atoms with E-state index in [-0.39, 0.29) is 5.91 Å². The number of methoxy groups -OCH3 is 1. The van der Waals surface area contributed by atoms with Gasteiger partial charge in [-0.05, 0) is 35.4 Å². The Balaban J connectivity index is 1.45. The Bertz CT molecular complexity index is 1120. The molecule has 0 radical (unpaired) electrons. The number of aromatic amines is 1. The second kappa shape index (κ2) is 8.74. The number of carbonyl (C=O) groups is 1. The van der Waals surface area contributed by atoms with Gasteiger partial charge in [0.2, 0.25) is 0 Å². The molecular weight excluding hydrogens is 376 g/mol. The molecule has 1 heterocycles. The summed E-state index contributed by atoms with van der Waals surface area (Å²) in [5.41, 5.74) is 3.59. The predicted octanol–water partition coefficient (Wildman–Crippen LogP) is 5.03. The molecule has 4 aromatic rings. The minimum atomic E-state index is -0.0606. The number of nitrogens with zero attached hydrogens (tertiary/aromatic N) is 1. The summed E-state index contributed by atoms with van der Waals surface area (Å²) < 4.78 is 11.4. The Morgan fingerprint density at radius 1 is 0.900 bits per heavy atom. The Morgan fingerprint density at radius 3 is 2.43 bits per heavy atom. The minimum absolute atomic E-state index is 0.0606. The first-order valence-electron chi connectivity index (χ1n) is 9.81. The number of fused-ring (bicyclic) bond motifs is 1. The molecule has 0 atom stereocenters. The molecular formula is C25H24N2O3. The summed E-state index contributed by atoms with van der Waals surface area (Å²) >= 11 is 0. The van der Waals surface area contributed by atoms with Crippen LogP contribution in [0.4, 0.5) is 0 Å². The molecule has 0 unspecified atom stereocenters. The Morgan fingerprint density at radius 2 is 1.67 bits per heavy atom. The molecule has 0 bridgehead atoms. The van der Waals surface area contributed by atoms with Crippen LogP contribution < -0.4 is 9.47 Å². The third-order valence-corrected chi connectivity index (χ3v) is 4.99. The monoisotopic (exact) mass is 400 g/mol. The van der Waals surface area contributed by atoms with Gasteiger partial charge in [0.25, 0.3) is 5.91 Å². The summed E-state index contributed by atoms with van der Waals surface area (Å²) in [4.78, 5) is 17.7. The van der Waals surface area contributed by atoms with E-state index in [1.165, 1.54) is 0 Å².